The van der Waals surface area contributed by atoms with Crippen LogP contribution in [0.2, 0.25) is 0 Å². The van der Waals surface area contributed by atoms with E-state index in [-0.39, 0.29) is 37.4 Å². The van der Waals surface area contributed by atoms with Gasteiger partial charge in [0.25, 0.3) is 11.4 Å². The fraction of sp³-hybridized carbons (Fsp3) is 0.300. The Morgan fingerprint density at radius 1 is 0.733 bits per heavy atom. The lowest BCUT2D eigenvalue weighted by atomic mass is 10.1. The first-order chi connectivity index (χ1) is 14.3. The molecule has 0 saturated heterocycles. The Bertz CT molecular complexity index is 853. The van der Waals surface area contributed by atoms with E-state index >= 15 is 0 Å². The third-order valence-corrected chi connectivity index (χ3v) is 4.08. The van der Waals surface area contributed by atoms with Crippen molar-refractivity contribution >= 4 is 23.3 Å². The summed E-state index contributed by atoms with van der Waals surface area (Å²) in [7, 11) is 0. The quantitative estimate of drug-likeness (QED) is 0.309. The van der Waals surface area contributed by atoms with Crippen molar-refractivity contribution in [2.75, 3.05) is 13.2 Å². The number of rotatable bonds is 11. The first-order valence-corrected chi connectivity index (χ1v) is 9.13. The summed E-state index contributed by atoms with van der Waals surface area (Å²) >= 11 is 0. The Morgan fingerprint density at radius 2 is 1.13 bits per heavy atom. The lowest BCUT2D eigenvalue weighted by molar-refractivity contribution is -0.385. The van der Waals surface area contributed by atoms with Crippen LogP contribution in [0.1, 0.15) is 24.0 Å². The number of nitrogens with zero attached hydrogens (tertiary/aromatic N) is 2. The van der Waals surface area contributed by atoms with Gasteiger partial charge in [0.05, 0.1) is 35.9 Å². The minimum Gasteiger partial charge on any atom is -0.465 e. The minimum atomic E-state index is -0.573. The van der Waals surface area contributed by atoms with Crippen molar-refractivity contribution in [3.8, 4) is 0 Å². The molecule has 30 heavy (non-hydrogen) atoms. The molecule has 10 nitrogen and oxygen atoms in total. The molecule has 0 saturated carbocycles. The second-order valence-corrected chi connectivity index (χ2v) is 6.29. The normalized spacial score (nSPS) is 10.3. The summed E-state index contributed by atoms with van der Waals surface area (Å²) in [6, 6.07) is 12.1. The molecule has 0 aliphatic rings. The Morgan fingerprint density at radius 3 is 1.50 bits per heavy atom. The zero-order valence-corrected chi connectivity index (χ0v) is 16.0. The van der Waals surface area contributed by atoms with E-state index in [4.69, 9.17) is 9.47 Å². The zero-order valence-electron chi connectivity index (χ0n) is 16.0. The minimum absolute atomic E-state index is 0.0355. The van der Waals surface area contributed by atoms with E-state index in [0.29, 0.717) is 24.0 Å². The van der Waals surface area contributed by atoms with Crippen LogP contribution in [-0.2, 0) is 31.9 Å². The van der Waals surface area contributed by atoms with E-state index in [1.165, 1.54) is 24.3 Å². The van der Waals surface area contributed by atoms with Crippen LogP contribution in [0.4, 0.5) is 11.4 Å². The van der Waals surface area contributed by atoms with Crippen LogP contribution in [0.5, 0.6) is 0 Å². The number of ether oxygens (including phenoxy) is 2. The van der Waals surface area contributed by atoms with Crippen molar-refractivity contribution in [2.45, 2.75) is 25.7 Å². The van der Waals surface area contributed by atoms with Gasteiger partial charge in [-0.1, -0.05) is 24.3 Å². The van der Waals surface area contributed by atoms with Crippen molar-refractivity contribution in [1.82, 2.24) is 0 Å². The van der Waals surface area contributed by atoms with Gasteiger partial charge in [0.1, 0.15) is 0 Å². The van der Waals surface area contributed by atoms with E-state index < -0.39 is 21.8 Å². The molecule has 0 unspecified atom stereocenters. The van der Waals surface area contributed by atoms with E-state index in [1.54, 1.807) is 24.3 Å². The third kappa shape index (κ3) is 7.66. The van der Waals surface area contributed by atoms with Gasteiger partial charge in [-0.05, 0) is 11.1 Å². The summed E-state index contributed by atoms with van der Waals surface area (Å²) in [6.07, 6.45) is 0.345. The Kier molecular flexibility index (Phi) is 8.42. The molecule has 0 spiro atoms. The number of hydrogen-bond donors (Lipinski definition) is 0. The summed E-state index contributed by atoms with van der Waals surface area (Å²) in [5.74, 6) is -1.15. The molecule has 2 aromatic rings. The predicted molar refractivity (Wildman–Crippen MR) is 105 cm³/mol. The Balaban J connectivity index is 1.63. The van der Waals surface area contributed by atoms with E-state index in [0.717, 1.165) is 0 Å². The molecule has 0 N–H and O–H groups in total. The molecule has 0 amide bonds. The largest absolute Gasteiger partial charge is 0.465 e. The number of hydrogen-bond acceptors (Lipinski definition) is 8. The number of nitro benzene ring substituents is 2. The molecule has 2 aromatic carbocycles. The standard InChI is InChI=1S/C20H20N2O8/c23-19(29-11-9-15-3-1-5-17(13-15)21(25)26)7-8-20(24)30-12-10-16-4-2-6-18(14-16)22(27)28/h1-6,13-14H,7-12H2. The van der Waals surface area contributed by atoms with Crippen molar-refractivity contribution in [3.05, 3.63) is 79.9 Å². The first-order valence-electron chi connectivity index (χ1n) is 9.13. The summed E-state index contributed by atoms with van der Waals surface area (Å²) in [4.78, 5) is 43.9. The van der Waals surface area contributed by atoms with Crippen molar-refractivity contribution in [3.63, 3.8) is 0 Å². The number of non-ortho nitro benzene ring substituents is 2. The molecule has 158 valence electrons. The van der Waals surface area contributed by atoms with E-state index in [2.05, 4.69) is 0 Å². The molecule has 0 radical (unpaired) electrons. The maximum absolute atomic E-state index is 11.7. The predicted octanol–water partition coefficient (Wildman–Crippen LogP) is 3.15. The van der Waals surface area contributed by atoms with Gasteiger partial charge >= 0.3 is 11.9 Å². The third-order valence-electron chi connectivity index (χ3n) is 4.08. The second kappa shape index (κ2) is 11.2. The van der Waals surface area contributed by atoms with Gasteiger partial charge in [-0.15, -0.1) is 0 Å². The van der Waals surface area contributed by atoms with Gasteiger partial charge in [-0.2, -0.15) is 0 Å². The summed E-state index contributed by atoms with van der Waals surface area (Å²) < 4.78 is 10.1. The second-order valence-electron chi connectivity index (χ2n) is 6.29. The van der Waals surface area contributed by atoms with Crippen LogP contribution in [0.25, 0.3) is 0 Å². The fourth-order valence-corrected chi connectivity index (χ4v) is 2.56. The monoisotopic (exact) mass is 416 g/mol. The Hall–Kier alpha value is -3.82. The van der Waals surface area contributed by atoms with Gasteiger partial charge < -0.3 is 9.47 Å². The van der Waals surface area contributed by atoms with Gasteiger partial charge in [0, 0.05) is 37.1 Å². The number of nitro groups is 2. The van der Waals surface area contributed by atoms with Crippen LogP contribution >= 0.6 is 0 Å². The lowest BCUT2D eigenvalue weighted by Crippen LogP contribution is -2.13. The van der Waals surface area contributed by atoms with Crippen molar-refractivity contribution in [1.29, 1.82) is 0 Å². The highest BCUT2D eigenvalue weighted by Gasteiger charge is 2.11. The highest BCUT2D eigenvalue weighted by atomic mass is 16.6. The van der Waals surface area contributed by atoms with Crippen molar-refractivity contribution < 1.29 is 28.9 Å². The first kappa shape index (κ1) is 22.5. The molecule has 0 bridgehead atoms. The van der Waals surface area contributed by atoms with Gasteiger partial charge in [-0.25, -0.2) is 0 Å². The number of carbonyl (C=O) groups excluding carboxylic acids is 2. The molecule has 0 aromatic heterocycles. The Labute approximate surface area is 171 Å². The fourth-order valence-electron chi connectivity index (χ4n) is 2.56. The van der Waals surface area contributed by atoms with Gasteiger partial charge in [0.2, 0.25) is 0 Å². The SMILES string of the molecule is O=C(CCC(=O)OCCc1cccc([N+](=O)[O-])c1)OCCc1cccc([N+](=O)[O-])c1. The van der Waals surface area contributed by atoms with Gasteiger partial charge in [0.15, 0.2) is 0 Å². The molecule has 0 aliphatic heterocycles. The molecule has 0 atom stereocenters. The number of esters is 2. The van der Waals surface area contributed by atoms with Crippen LogP contribution in [0.3, 0.4) is 0 Å². The van der Waals surface area contributed by atoms with Gasteiger partial charge in [-0.3, -0.25) is 29.8 Å². The molecular weight excluding hydrogens is 396 g/mol. The summed E-state index contributed by atoms with van der Waals surface area (Å²) in [5.41, 5.74) is 1.26. The van der Waals surface area contributed by atoms with Crippen LogP contribution in [-0.4, -0.2) is 35.0 Å². The molecule has 0 heterocycles. The van der Waals surface area contributed by atoms with Crippen LogP contribution in [0, 0.1) is 20.2 Å². The smallest absolute Gasteiger partial charge is 0.306 e. The number of carbonyl (C=O) groups is 2. The van der Waals surface area contributed by atoms with Crippen molar-refractivity contribution in [2.24, 2.45) is 0 Å². The lowest BCUT2D eigenvalue weighted by Gasteiger charge is -2.06. The molecule has 2 rings (SSSR count). The summed E-state index contributed by atoms with van der Waals surface area (Å²) in [6.45, 7) is 0.0870. The van der Waals surface area contributed by atoms with Crippen LogP contribution < -0.4 is 0 Å². The molecule has 0 fully saturated rings. The maximum atomic E-state index is 11.7. The number of benzene rings is 2. The zero-order chi connectivity index (χ0) is 21.9. The molecular formula is C20H20N2O8. The highest BCUT2D eigenvalue weighted by Crippen LogP contribution is 2.14. The average molecular weight is 416 g/mol. The topological polar surface area (TPSA) is 139 Å². The average Bonchev–Trinajstić information content (AvgIpc) is 2.72. The van der Waals surface area contributed by atoms with E-state index in [1.807, 2.05) is 0 Å². The summed E-state index contributed by atoms with van der Waals surface area (Å²) in [5, 5.41) is 21.5. The van der Waals surface area contributed by atoms with Crippen LogP contribution in [0.15, 0.2) is 48.5 Å². The van der Waals surface area contributed by atoms with E-state index in [9.17, 15) is 29.8 Å². The molecule has 0 aliphatic carbocycles. The highest BCUT2D eigenvalue weighted by molar-refractivity contribution is 5.77. The maximum Gasteiger partial charge on any atom is 0.306 e. The molecule has 10 heteroatoms.